The van der Waals surface area contributed by atoms with Crippen LogP contribution in [0.25, 0.3) is 0 Å². The van der Waals surface area contributed by atoms with Crippen molar-refractivity contribution in [3.8, 4) is 0 Å². The highest BCUT2D eigenvalue weighted by Crippen LogP contribution is 2.30. The van der Waals surface area contributed by atoms with Gasteiger partial charge in [-0.2, -0.15) is 5.10 Å². The van der Waals surface area contributed by atoms with Gasteiger partial charge in [-0.05, 0) is 33.1 Å². The molecule has 1 aliphatic carbocycles. The van der Waals surface area contributed by atoms with Gasteiger partial charge >= 0.3 is 0 Å². The van der Waals surface area contributed by atoms with E-state index in [1.54, 1.807) is 17.5 Å². The van der Waals surface area contributed by atoms with Crippen LogP contribution >= 0.6 is 11.3 Å². The maximum absolute atomic E-state index is 12.4. The highest BCUT2D eigenvalue weighted by atomic mass is 32.1. The zero-order valence-electron chi connectivity index (χ0n) is 12.4. The Morgan fingerprint density at radius 3 is 3.14 bits per heavy atom. The van der Waals surface area contributed by atoms with Crippen LogP contribution < -0.4 is 5.32 Å². The average Bonchev–Trinajstić information content (AvgIpc) is 3.05. The van der Waals surface area contributed by atoms with Crippen LogP contribution in [0.5, 0.6) is 0 Å². The number of rotatable bonds is 4. The van der Waals surface area contributed by atoms with Crippen molar-refractivity contribution >= 4 is 17.2 Å². The van der Waals surface area contributed by atoms with Gasteiger partial charge < -0.3 is 5.32 Å². The fraction of sp³-hybridized carbons (Fsp3) is 0.533. The summed E-state index contributed by atoms with van der Waals surface area (Å²) in [7, 11) is 0. The van der Waals surface area contributed by atoms with Crippen LogP contribution in [-0.2, 0) is 17.6 Å². The smallest absolute Gasteiger partial charge is 0.227 e. The van der Waals surface area contributed by atoms with E-state index in [4.69, 9.17) is 0 Å². The Bertz CT molecular complexity index is 626. The average molecular weight is 304 g/mol. The molecule has 21 heavy (non-hydrogen) atoms. The van der Waals surface area contributed by atoms with E-state index in [0.29, 0.717) is 6.54 Å². The number of thiazole rings is 1. The standard InChI is InChI=1S/C15H20N4OS/c1-9-10(2)21-14(18-9)6-7-16-15(20)11-4-3-5-13-12(11)8-17-19-13/h8,11H,3-7H2,1-2H3,(H,16,20)(H,17,19). The summed E-state index contributed by atoms with van der Waals surface area (Å²) in [5.41, 5.74) is 3.28. The van der Waals surface area contributed by atoms with E-state index in [0.717, 1.165) is 47.6 Å². The maximum atomic E-state index is 12.4. The highest BCUT2D eigenvalue weighted by molar-refractivity contribution is 7.11. The molecule has 2 aromatic heterocycles. The molecule has 0 radical (unpaired) electrons. The quantitative estimate of drug-likeness (QED) is 0.910. The third kappa shape index (κ3) is 3.00. The lowest BCUT2D eigenvalue weighted by molar-refractivity contribution is -0.122. The first-order valence-electron chi connectivity index (χ1n) is 7.38. The summed E-state index contributed by atoms with van der Waals surface area (Å²) in [4.78, 5) is 18.1. The number of aromatic nitrogens is 3. The molecule has 0 saturated heterocycles. The van der Waals surface area contributed by atoms with E-state index >= 15 is 0 Å². The number of hydrogen-bond acceptors (Lipinski definition) is 4. The highest BCUT2D eigenvalue weighted by Gasteiger charge is 2.27. The normalized spacial score (nSPS) is 17.5. The number of H-pyrrole nitrogens is 1. The molecule has 0 fully saturated rings. The van der Waals surface area contributed by atoms with Gasteiger partial charge in [0.05, 0.1) is 22.8 Å². The van der Waals surface area contributed by atoms with Gasteiger partial charge in [0, 0.05) is 29.1 Å². The third-order valence-electron chi connectivity index (χ3n) is 4.07. The lowest BCUT2D eigenvalue weighted by Crippen LogP contribution is -2.32. The van der Waals surface area contributed by atoms with Gasteiger partial charge in [0.1, 0.15) is 0 Å². The van der Waals surface area contributed by atoms with Gasteiger partial charge in [0.2, 0.25) is 5.91 Å². The second-order valence-electron chi connectivity index (χ2n) is 5.54. The topological polar surface area (TPSA) is 70.7 Å². The van der Waals surface area contributed by atoms with Crippen molar-refractivity contribution in [3.05, 3.63) is 33.0 Å². The molecule has 2 heterocycles. The fourth-order valence-corrected chi connectivity index (χ4v) is 3.73. The molecule has 1 unspecified atom stereocenters. The van der Waals surface area contributed by atoms with Crippen molar-refractivity contribution in [1.29, 1.82) is 0 Å². The van der Waals surface area contributed by atoms with Crippen molar-refractivity contribution in [2.75, 3.05) is 6.54 Å². The Kier molecular flexibility index (Phi) is 4.05. The summed E-state index contributed by atoms with van der Waals surface area (Å²) >= 11 is 1.71. The third-order valence-corrected chi connectivity index (χ3v) is 5.21. The van der Waals surface area contributed by atoms with E-state index < -0.39 is 0 Å². The van der Waals surface area contributed by atoms with Crippen LogP contribution in [-0.4, -0.2) is 27.6 Å². The van der Waals surface area contributed by atoms with E-state index in [1.807, 2.05) is 6.92 Å². The van der Waals surface area contributed by atoms with Crippen molar-refractivity contribution in [2.24, 2.45) is 0 Å². The van der Waals surface area contributed by atoms with E-state index in [9.17, 15) is 4.79 Å². The molecular weight excluding hydrogens is 284 g/mol. The van der Waals surface area contributed by atoms with E-state index in [2.05, 4.69) is 27.4 Å². The Hall–Kier alpha value is -1.69. The number of carbonyl (C=O) groups is 1. The van der Waals surface area contributed by atoms with Crippen molar-refractivity contribution in [2.45, 2.75) is 45.4 Å². The molecule has 0 spiro atoms. The lowest BCUT2D eigenvalue weighted by Gasteiger charge is -2.20. The van der Waals surface area contributed by atoms with Crippen molar-refractivity contribution in [1.82, 2.24) is 20.5 Å². The van der Waals surface area contributed by atoms with Gasteiger partial charge in [0.25, 0.3) is 0 Å². The summed E-state index contributed by atoms with van der Waals surface area (Å²) in [5, 5.41) is 11.2. The minimum atomic E-state index is -0.0488. The predicted octanol–water partition coefficient (Wildman–Crippen LogP) is 2.26. The number of aryl methyl sites for hydroxylation is 3. The summed E-state index contributed by atoms with van der Waals surface area (Å²) in [5.74, 6) is 0.0645. The van der Waals surface area contributed by atoms with Gasteiger partial charge in [0.15, 0.2) is 0 Å². The number of nitrogens with one attached hydrogen (secondary N) is 2. The number of hydrogen-bond donors (Lipinski definition) is 2. The molecule has 0 aliphatic heterocycles. The largest absolute Gasteiger partial charge is 0.355 e. The maximum Gasteiger partial charge on any atom is 0.227 e. The molecule has 0 saturated carbocycles. The first-order chi connectivity index (χ1) is 10.1. The Balaban J connectivity index is 1.56. The van der Waals surface area contributed by atoms with Gasteiger partial charge in [-0.3, -0.25) is 9.89 Å². The van der Waals surface area contributed by atoms with E-state index in [1.165, 1.54) is 4.88 Å². The molecule has 0 bridgehead atoms. The van der Waals surface area contributed by atoms with E-state index in [-0.39, 0.29) is 11.8 Å². The molecule has 5 nitrogen and oxygen atoms in total. The lowest BCUT2D eigenvalue weighted by atomic mass is 9.86. The van der Waals surface area contributed by atoms with Gasteiger partial charge in [-0.25, -0.2) is 4.98 Å². The second-order valence-corrected chi connectivity index (χ2v) is 6.83. The number of aromatic amines is 1. The molecule has 6 heteroatoms. The molecule has 1 aliphatic rings. The summed E-state index contributed by atoms with van der Waals surface area (Å²) in [6.07, 6.45) is 5.55. The molecule has 3 rings (SSSR count). The van der Waals surface area contributed by atoms with Crippen LogP contribution in [0.1, 0.15) is 45.6 Å². The number of amides is 1. The molecule has 1 atom stereocenters. The van der Waals surface area contributed by atoms with Crippen molar-refractivity contribution in [3.63, 3.8) is 0 Å². The zero-order valence-corrected chi connectivity index (χ0v) is 13.2. The number of nitrogens with zero attached hydrogens (tertiary/aromatic N) is 2. The summed E-state index contributed by atoms with van der Waals surface area (Å²) in [6, 6.07) is 0. The van der Waals surface area contributed by atoms with Crippen LogP contribution in [0.4, 0.5) is 0 Å². The van der Waals surface area contributed by atoms with Crippen LogP contribution in [0, 0.1) is 13.8 Å². The molecular formula is C15H20N4OS. The fourth-order valence-electron chi connectivity index (χ4n) is 2.80. The number of fused-ring (bicyclic) bond motifs is 1. The first-order valence-corrected chi connectivity index (χ1v) is 8.19. The zero-order chi connectivity index (χ0) is 14.8. The summed E-state index contributed by atoms with van der Waals surface area (Å²) < 4.78 is 0. The SMILES string of the molecule is Cc1nc(CCNC(=O)C2CCCc3[nH]ncc32)sc1C. The summed E-state index contributed by atoms with van der Waals surface area (Å²) in [6.45, 7) is 4.75. The Morgan fingerprint density at radius 2 is 2.38 bits per heavy atom. The van der Waals surface area contributed by atoms with Crippen LogP contribution in [0.2, 0.25) is 0 Å². The minimum absolute atomic E-state index is 0.0488. The molecule has 0 aromatic carbocycles. The van der Waals surface area contributed by atoms with Crippen LogP contribution in [0.3, 0.4) is 0 Å². The van der Waals surface area contributed by atoms with Gasteiger partial charge in [-0.15, -0.1) is 11.3 Å². The molecule has 112 valence electrons. The van der Waals surface area contributed by atoms with Gasteiger partial charge in [-0.1, -0.05) is 0 Å². The Morgan fingerprint density at radius 1 is 1.52 bits per heavy atom. The van der Waals surface area contributed by atoms with Crippen molar-refractivity contribution < 1.29 is 4.79 Å². The number of carbonyl (C=O) groups excluding carboxylic acids is 1. The Labute approximate surface area is 128 Å². The molecule has 1 amide bonds. The molecule has 2 aromatic rings. The van der Waals surface area contributed by atoms with Crippen LogP contribution in [0.15, 0.2) is 6.20 Å². The molecule has 2 N–H and O–H groups in total. The second kappa shape index (κ2) is 5.97. The predicted molar refractivity (Wildman–Crippen MR) is 82.6 cm³/mol. The first kappa shape index (κ1) is 14.3. The monoisotopic (exact) mass is 304 g/mol. The minimum Gasteiger partial charge on any atom is -0.355 e.